The summed E-state index contributed by atoms with van der Waals surface area (Å²) in [5.74, 6) is 0. The topological polar surface area (TPSA) is 78.9 Å². The molecule has 2 unspecified atom stereocenters. The quantitative estimate of drug-likeness (QED) is 0.384. The Hall–Kier alpha value is 0.867. The SMILES string of the molecule is CO[Si](CC[P+](=O)PS(=O)(=O)Cl)(OC)OC. The van der Waals surface area contributed by atoms with Gasteiger partial charge in [0.15, 0.2) is 6.16 Å². The van der Waals surface area contributed by atoms with Crippen LogP contribution < -0.4 is 0 Å². The first-order chi connectivity index (χ1) is 7.28. The summed E-state index contributed by atoms with van der Waals surface area (Å²) in [7, 11) is 0.146. The highest BCUT2D eigenvalue weighted by molar-refractivity contribution is 8.71. The Balaban J connectivity index is 4.27. The summed E-state index contributed by atoms with van der Waals surface area (Å²) in [5, 5.41) is 0. The van der Waals surface area contributed by atoms with Crippen LogP contribution in [0, 0.1) is 0 Å². The van der Waals surface area contributed by atoms with E-state index in [9.17, 15) is 13.0 Å². The van der Waals surface area contributed by atoms with Gasteiger partial charge in [-0.25, -0.2) is 8.42 Å². The third-order valence-corrected chi connectivity index (χ3v) is 13.6. The molecule has 0 radical (unpaired) electrons. The van der Waals surface area contributed by atoms with Crippen molar-refractivity contribution in [3.8, 4) is 0 Å². The summed E-state index contributed by atoms with van der Waals surface area (Å²) < 4.78 is 48.1. The number of halogens is 1. The molecule has 0 fully saturated rings. The van der Waals surface area contributed by atoms with Crippen molar-refractivity contribution in [1.29, 1.82) is 0 Å². The molecule has 0 aliphatic carbocycles. The predicted molar refractivity (Wildman–Crippen MR) is 67.1 cm³/mol. The van der Waals surface area contributed by atoms with E-state index in [0.29, 0.717) is 6.04 Å². The van der Waals surface area contributed by atoms with Gasteiger partial charge in [-0.1, -0.05) is 4.57 Å². The lowest BCUT2D eigenvalue weighted by atomic mass is 11.0. The van der Waals surface area contributed by atoms with E-state index in [1.165, 1.54) is 21.3 Å². The van der Waals surface area contributed by atoms with Crippen molar-refractivity contribution in [2.45, 2.75) is 6.04 Å². The second kappa shape index (κ2) is 7.33. The summed E-state index contributed by atoms with van der Waals surface area (Å²) in [6.45, 7) is 0. The second-order valence-electron chi connectivity index (χ2n) is 2.68. The summed E-state index contributed by atoms with van der Waals surface area (Å²) in [6, 6.07) is 0.297. The maximum atomic E-state index is 11.4. The lowest BCUT2D eigenvalue weighted by molar-refractivity contribution is 0.125. The van der Waals surface area contributed by atoms with E-state index in [1.54, 1.807) is 0 Å². The molecule has 0 aromatic heterocycles. The first-order valence-electron chi connectivity index (χ1n) is 4.10. The average Bonchev–Trinajstić information content (AvgIpc) is 2.18. The zero-order valence-corrected chi connectivity index (χ0v) is 13.6. The van der Waals surface area contributed by atoms with Crippen molar-refractivity contribution >= 4 is 43.1 Å². The summed E-state index contributed by atoms with van der Waals surface area (Å²) >= 11 is 0. The highest BCUT2D eigenvalue weighted by atomic mass is 35.7. The van der Waals surface area contributed by atoms with Gasteiger partial charge in [-0.15, -0.1) is 0 Å². The van der Waals surface area contributed by atoms with Crippen molar-refractivity contribution in [3.63, 3.8) is 0 Å². The Kier molecular flexibility index (Phi) is 7.73. The van der Waals surface area contributed by atoms with Gasteiger partial charge in [0.2, 0.25) is 0 Å². The third-order valence-electron chi connectivity index (χ3n) is 1.76. The molecule has 0 aromatic rings. The fraction of sp³-hybridized carbons (Fsp3) is 1.00. The van der Waals surface area contributed by atoms with E-state index in [1.807, 2.05) is 0 Å². The number of hydrogen-bond donors (Lipinski definition) is 0. The van der Waals surface area contributed by atoms with E-state index < -0.39 is 32.4 Å². The van der Waals surface area contributed by atoms with E-state index in [4.69, 9.17) is 24.0 Å². The number of hydrogen-bond acceptors (Lipinski definition) is 6. The second-order valence-corrected chi connectivity index (χ2v) is 15.3. The van der Waals surface area contributed by atoms with E-state index in [2.05, 4.69) is 0 Å². The van der Waals surface area contributed by atoms with Crippen molar-refractivity contribution in [3.05, 3.63) is 0 Å². The van der Waals surface area contributed by atoms with Crippen LogP contribution in [-0.4, -0.2) is 44.7 Å². The Morgan fingerprint density at radius 2 is 1.69 bits per heavy atom. The van der Waals surface area contributed by atoms with E-state index in [-0.39, 0.29) is 6.16 Å². The van der Waals surface area contributed by atoms with Crippen LogP contribution >= 0.6 is 25.6 Å². The minimum absolute atomic E-state index is 0.154. The molecule has 0 N–H and O–H groups in total. The molecule has 0 saturated carbocycles. The molecule has 0 heterocycles. The first kappa shape index (κ1) is 16.9. The monoisotopic (exact) mass is 327 g/mol. The summed E-state index contributed by atoms with van der Waals surface area (Å²) in [5.41, 5.74) is 0. The van der Waals surface area contributed by atoms with Crippen LogP contribution in [0.15, 0.2) is 0 Å². The molecule has 0 aromatic carbocycles. The largest absolute Gasteiger partial charge is 0.504 e. The van der Waals surface area contributed by atoms with Gasteiger partial charge in [0, 0.05) is 32.0 Å². The van der Waals surface area contributed by atoms with Crippen LogP contribution in [0.3, 0.4) is 0 Å². The molecule has 96 valence electrons. The molecule has 11 heteroatoms. The van der Waals surface area contributed by atoms with Gasteiger partial charge >= 0.3 is 16.3 Å². The zero-order valence-electron chi connectivity index (χ0n) is 9.10. The molecular formula is C5H14ClO6P2SSi+. The minimum atomic E-state index is -3.70. The lowest BCUT2D eigenvalue weighted by Gasteiger charge is -2.22. The van der Waals surface area contributed by atoms with Crippen LogP contribution in [0.1, 0.15) is 0 Å². The van der Waals surface area contributed by atoms with Crippen molar-refractivity contribution in [2.75, 3.05) is 27.5 Å². The Labute approximate surface area is 103 Å². The maximum Gasteiger partial charge on any atom is 0.504 e. The first-order valence-corrected chi connectivity index (χ1v) is 12.4. The molecule has 0 amide bonds. The molecule has 0 aliphatic rings. The highest BCUT2D eigenvalue weighted by Gasteiger charge is 2.41. The Morgan fingerprint density at radius 1 is 1.25 bits per heavy atom. The molecule has 0 saturated heterocycles. The van der Waals surface area contributed by atoms with Crippen molar-refractivity contribution in [1.82, 2.24) is 0 Å². The maximum absolute atomic E-state index is 11.4. The van der Waals surface area contributed by atoms with Crippen molar-refractivity contribution < 1.29 is 26.3 Å². The van der Waals surface area contributed by atoms with Gasteiger partial charge < -0.3 is 13.3 Å². The van der Waals surface area contributed by atoms with Gasteiger partial charge in [0.1, 0.15) is 0 Å². The lowest BCUT2D eigenvalue weighted by Crippen LogP contribution is -2.43. The van der Waals surface area contributed by atoms with Crippen molar-refractivity contribution in [2.24, 2.45) is 0 Å². The van der Waals surface area contributed by atoms with Crippen LogP contribution in [0.4, 0.5) is 0 Å². The van der Waals surface area contributed by atoms with Crippen LogP contribution in [0.25, 0.3) is 0 Å². The van der Waals surface area contributed by atoms with Crippen LogP contribution in [-0.2, 0) is 26.5 Å². The Morgan fingerprint density at radius 3 is 2.00 bits per heavy atom. The molecule has 0 aliphatic heterocycles. The van der Waals surface area contributed by atoms with Gasteiger partial charge in [0.05, 0.1) is 6.04 Å². The van der Waals surface area contributed by atoms with Crippen LogP contribution in [0.5, 0.6) is 0 Å². The van der Waals surface area contributed by atoms with Gasteiger partial charge in [-0.05, 0) is 0 Å². The van der Waals surface area contributed by atoms with Crippen LogP contribution in [0.2, 0.25) is 6.04 Å². The minimum Gasteiger partial charge on any atom is -0.377 e. The normalized spacial score (nSPS) is 14.6. The summed E-state index contributed by atoms with van der Waals surface area (Å²) in [4.78, 5) is 0. The van der Waals surface area contributed by atoms with Gasteiger partial charge in [-0.3, -0.25) is 0 Å². The molecule has 6 nitrogen and oxygen atoms in total. The smallest absolute Gasteiger partial charge is 0.377 e. The number of rotatable bonds is 8. The Bertz CT molecular complexity index is 324. The molecule has 0 bridgehead atoms. The molecular weight excluding hydrogens is 314 g/mol. The standard InChI is InChI=1S/C5H14ClO6P2SSi/c1-10-16(11-2,12-3)5-4-14(7)13-15(6,8)9/h13H,4-5H2,1-3H3/q+1. The fourth-order valence-corrected chi connectivity index (χ4v) is 11.4. The zero-order chi connectivity index (χ0) is 12.8. The molecule has 0 spiro atoms. The predicted octanol–water partition coefficient (Wildman–Crippen LogP) is 1.77. The van der Waals surface area contributed by atoms with Gasteiger partial charge in [0.25, 0.3) is 16.1 Å². The summed E-state index contributed by atoms with van der Waals surface area (Å²) in [6.07, 6.45) is 0.154. The van der Waals surface area contributed by atoms with E-state index in [0.717, 1.165) is 0 Å². The van der Waals surface area contributed by atoms with Gasteiger partial charge in [-0.2, -0.15) is 0 Å². The molecule has 16 heavy (non-hydrogen) atoms. The highest BCUT2D eigenvalue weighted by Crippen LogP contribution is 2.51. The molecule has 0 rings (SSSR count). The molecule has 2 atom stereocenters. The average molecular weight is 328 g/mol. The third kappa shape index (κ3) is 6.57. The van der Waals surface area contributed by atoms with E-state index >= 15 is 0 Å². The fourth-order valence-electron chi connectivity index (χ4n) is 0.962.